The van der Waals surface area contributed by atoms with E-state index in [-0.39, 0.29) is 18.1 Å². The number of carbonyl (C=O) groups is 2. The van der Waals surface area contributed by atoms with Crippen molar-refractivity contribution in [3.05, 3.63) is 53.6 Å². The van der Waals surface area contributed by atoms with Gasteiger partial charge in [0.2, 0.25) is 5.91 Å². The number of ketones is 1. The van der Waals surface area contributed by atoms with Crippen LogP contribution in [0.1, 0.15) is 13.3 Å². The fourth-order valence-corrected chi connectivity index (χ4v) is 1.87. The van der Waals surface area contributed by atoms with Gasteiger partial charge in [-0.3, -0.25) is 9.59 Å². The van der Waals surface area contributed by atoms with E-state index in [4.69, 9.17) is 16.3 Å². The van der Waals surface area contributed by atoms with E-state index in [9.17, 15) is 9.59 Å². The lowest BCUT2D eigenvalue weighted by atomic mass is 10.2. The van der Waals surface area contributed by atoms with E-state index in [0.29, 0.717) is 22.2 Å². The summed E-state index contributed by atoms with van der Waals surface area (Å²) in [4.78, 5) is 22.3. The van der Waals surface area contributed by atoms with Gasteiger partial charge in [0.1, 0.15) is 17.3 Å². The Balaban J connectivity index is 2.01. The van der Waals surface area contributed by atoms with Crippen LogP contribution in [0.25, 0.3) is 0 Å². The smallest absolute Gasteiger partial charge is 0.231 e. The minimum Gasteiger partial charge on any atom is -0.456 e. The van der Waals surface area contributed by atoms with Crippen LogP contribution in [0.15, 0.2) is 48.5 Å². The van der Waals surface area contributed by atoms with Crippen LogP contribution in [0, 0.1) is 0 Å². The zero-order valence-electron chi connectivity index (χ0n) is 11.4. The number of anilines is 1. The molecule has 4 nitrogen and oxygen atoms in total. The third kappa shape index (κ3) is 4.61. The average molecular weight is 304 g/mol. The Bertz CT molecular complexity index is 653. The number of hydrogen-bond donors (Lipinski definition) is 1. The lowest BCUT2D eigenvalue weighted by molar-refractivity contribution is -0.124. The second-order valence-electron chi connectivity index (χ2n) is 4.48. The lowest BCUT2D eigenvalue weighted by Gasteiger charge is -2.08. The number of para-hydroxylation sites is 1. The zero-order valence-corrected chi connectivity index (χ0v) is 12.2. The summed E-state index contributed by atoms with van der Waals surface area (Å²) in [5.74, 6) is 0.661. The second-order valence-corrected chi connectivity index (χ2v) is 4.89. The van der Waals surface area contributed by atoms with E-state index in [1.54, 1.807) is 36.4 Å². The van der Waals surface area contributed by atoms with Crippen LogP contribution < -0.4 is 10.1 Å². The zero-order chi connectivity index (χ0) is 15.2. The molecule has 0 aliphatic heterocycles. The Morgan fingerprint density at radius 3 is 2.38 bits per heavy atom. The van der Waals surface area contributed by atoms with E-state index in [1.807, 2.05) is 12.1 Å². The van der Waals surface area contributed by atoms with Gasteiger partial charge in [-0.15, -0.1) is 0 Å². The molecular formula is C16H14ClNO3. The van der Waals surface area contributed by atoms with Crippen LogP contribution in [-0.2, 0) is 9.59 Å². The first-order valence-corrected chi connectivity index (χ1v) is 6.74. The minimum atomic E-state index is -0.331. The molecule has 0 radical (unpaired) electrons. The van der Waals surface area contributed by atoms with Gasteiger partial charge in [-0.05, 0) is 43.3 Å². The number of Topliss-reactive ketones (excluding diaryl/α,β-unsaturated/α-hetero) is 1. The molecule has 0 heterocycles. The Labute approximate surface area is 127 Å². The molecule has 0 saturated carbocycles. The molecule has 1 amide bonds. The molecule has 1 N–H and O–H groups in total. The maximum Gasteiger partial charge on any atom is 0.231 e. The van der Waals surface area contributed by atoms with Crippen molar-refractivity contribution in [2.45, 2.75) is 13.3 Å². The van der Waals surface area contributed by atoms with Gasteiger partial charge in [-0.25, -0.2) is 0 Å². The molecule has 2 rings (SSSR count). The third-order valence-corrected chi connectivity index (χ3v) is 2.92. The van der Waals surface area contributed by atoms with Crippen molar-refractivity contribution in [2.75, 3.05) is 5.32 Å². The summed E-state index contributed by atoms with van der Waals surface area (Å²) in [7, 11) is 0. The molecule has 21 heavy (non-hydrogen) atoms. The van der Waals surface area contributed by atoms with Crippen LogP contribution in [0.4, 0.5) is 5.69 Å². The van der Waals surface area contributed by atoms with Crippen molar-refractivity contribution in [1.82, 2.24) is 0 Å². The van der Waals surface area contributed by atoms with Gasteiger partial charge in [-0.1, -0.05) is 23.7 Å². The summed E-state index contributed by atoms with van der Waals surface area (Å²) in [5, 5.41) is 3.16. The monoisotopic (exact) mass is 303 g/mol. The molecule has 0 aliphatic carbocycles. The van der Waals surface area contributed by atoms with Crippen molar-refractivity contribution in [3.63, 3.8) is 0 Å². The molecule has 2 aromatic carbocycles. The highest BCUT2D eigenvalue weighted by Crippen LogP contribution is 2.29. The van der Waals surface area contributed by atoms with Crippen LogP contribution in [0.3, 0.4) is 0 Å². The Hall–Kier alpha value is -2.33. The Kier molecular flexibility index (Phi) is 4.95. The topological polar surface area (TPSA) is 55.4 Å². The normalized spacial score (nSPS) is 10.0. The largest absolute Gasteiger partial charge is 0.456 e. The van der Waals surface area contributed by atoms with Gasteiger partial charge in [0.05, 0.1) is 11.4 Å². The molecule has 0 saturated heterocycles. The Morgan fingerprint density at radius 2 is 1.76 bits per heavy atom. The van der Waals surface area contributed by atoms with Gasteiger partial charge in [0.25, 0.3) is 0 Å². The predicted molar refractivity (Wildman–Crippen MR) is 81.9 cm³/mol. The summed E-state index contributed by atoms with van der Waals surface area (Å²) in [6.45, 7) is 1.38. The number of rotatable bonds is 5. The number of amides is 1. The highest BCUT2D eigenvalue weighted by Gasteiger charge is 2.06. The first-order chi connectivity index (χ1) is 10.0. The van der Waals surface area contributed by atoms with Gasteiger partial charge >= 0.3 is 0 Å². The molecule has 0 aromatic heterocycles. The van der Waals surface area contributed by atoms with E-state index in [1.165, 1.54) is 6.92 Å². The van der Waals surface area contributed by atoms with Crippen LogP contribution >= 0.6 is 11.6 Å². The highest BCUT2D eigenvalue weighted by molar-refractivity contribution is 6.32. The summed E-state index contributed by atoms with van der Waals surface area (Å²) in [5.41, 5.74) is 0.604. The maximum atomic E-state index is 11.5. The summed E-state index contributed by atoms with van der Waals surface area (Å²) in [6.07, 6.45) is -0.127. The first kappa shape index (κ1) is 15.1. The molecule has 0 spiro atoms. The number of ether oxygens (including phenoxy) is 1. The van der Waals surface area contributed by atoms with Crippen LogP contribution in [0.2, 0.25) is 5.02 Å². The van der Waals surface area contributed by atoms with E-state index in [2.05, 4.69) is 5.32 Å². The van der Waals surface area contributed by atoms with Gasteiger partial charge in [0.15, 0.2) is 0 Å². The summed E-state index contributed by atoms with van der Waals surface area (Å²) < 4.78 is 5.63. The summed E-state index contributed by atoms with van der Waals surface area (Å²) >= 11 is 6.01. The van der Waals surface area contributed by atoms with Crippen molar-refractivity contribution < 1.29 is 14.3 Å². The van der Waals surface area contributed by atoms with Crippen molar-refractivity contribution >= 4 is 29.0 Å². The standard InChI is InChI=1S/C16H14ClNO3/c1-11(19)10-16(20)18-12-6-8-13(9-7-12)21-15-5-3-2-4-14(15)17/h2-9H,10H2,1H3,(H,18,20). The van der Waals surface area contributed by atoms with Crippen molar-refractivity contribution in [2.24, 2.45) is 0 Å². The van der Waals surface area contributed by atoms with Crippen molar-refractivity contribution in [3.8, 4) is 11.5 Å². The van der Waals surface area contributed by atoms with Crippen LogP contribution in [0.5, 0.6) is 11.5 Å². The molecule has 0 atom stereocenters. The highest BCUT2D eigenvalue weighted by atomic mass is 35.5. The quantitative estimate of drug-likeness (QED) is 0.848. The first-order valence-electron chi connectivity index (χ1n) is 6.36. The lowest BCUT2D eigenvalue weighted by Crippen LogP contribution is -2.14. The molecule has 0 fully saturated rings. The maximum absolute atomic E-state index is 11.5. The van der Waals surface area contributed by atoms with Crippen molar-refractivity contribution in [1.29, 1.82) is 0 Å². The van der Waals surface area contributed by atoms with E-state index >= 15 is 0 Å². The third-order valence-electron chi connectivity index (χ3n) is 2.61. The minimum absolute atomic E-state index is 0.127. The molecular weight excluding hydrogens is 290 g/mol. The summed E-state index contributed by atoms with van der Waals surface area (Å²) in [6, 6.07) is 14.0. The van der Waals surface area contributed by atoms with E-state index in [0.717, 1.165) is 0 Å². The number of carbonyl (C=O) groups excluding carboxylic acids is 2. The average Bonchev–Trinajstić information content (AvgIpc) is 2.42. The predicted octanol–water partition coefficient (Wildman–Crippen LogP) is 4.05. The molecule has 0 aliphatic rings. The fraction of sp³-hybridized carbons (Fsp3) is 0.125. The van der Waals surface area contributed by atoms with Gasteiger partial charge < -0.3 is 10.1 Å². The number of hydrogen-bond acceptors (Lipinski definition) is 3. The SMILES string of the molecule is CC(=O)CC(=O)Nc1ccc(Oc2ccccc2Cl)cc1. The fourth-order valence-electron chi connectivity index (χ4n) is 1.69. The molecule has 0 bridgehead atoms. The number of benzene rings is 2. The number of nitrogens with one attached hydrogen (secondary N) is 1. The molecule has 2 aromatic rings. The number of halogens is 1. The second kappa shape index (κ2) is 6.90. The molecule has 5 heteroatoms. The Morgan fingerprint density at radius 1 is 1.10 bits per heavy atom. The van der Waals surface area contributed by atoms with Crippen LogP contribution in [-0.4, -0.2) is 11.7 Å². The molecule has 0 unspecified atom stereocenters. The van der Waals surface area contributed by atoms with E-state index < -0.39 is 0 Å². The van der Waals surface area contributed by atoms with Gasteiger partial charge in [-0.2, -0.15) is 0 Å². The van der Waals surface area contributed by atoms with Gasteiger partial charge in [0, 0.05) is 5.69 Å². The molecule has 108 valence electrons.